The molecule has 0 atom stereocenters. The Kier molecular flexibility index (Phi) is 5.50. The highest BCUT2D eigenvalue weighted by Crippen LogP contribution is 2.28. The number of hydrogen-bond acceptors (Lipinski definition) is 5. The molecule has 0 saturated carbocycles. The van der Waals surface area contributed by atoms with Crippen LogP contribution in [0.5, 0.6) is 0 Å². The molecule has 0 bridgehead atoms. The van der Waals surface area contributed by atoms with E-state index in [1.807, 2.05) is 71.3 Å². The van der Waals surface area contributed by atoms with Gasteiger partial charge in [-0.2, -0.15) is 0 Å². The smallest absolute Gasteiger partial charge is 0.196 e. The van der Waals surface area contributed by atoms with E-state index in [0.29, 0.717) is 21.6 Å². The van der Waals surface area contributed by atoms with E-state index in [1.54, 1.807) is 12.4 Å². The van der Waals surface area contributed by atoms with E-state index < -0.39 is 0 Å². The maximum atomic E-state index is 12.5. The molecule has 7 heteroatoms. The van der Waals surface area contributed by atoms with Crippen LogP contribution in [0.1, 0.15) is 10.4 Å². The topological polar surface area (TPSA) is 60.7 Å². The van der Waals surface area contributed by atoms with Crippen molar-refractivity contribution in [2.45, 2.75) is 5.16 Å². The van der Waals surface area contributed by atoms with Crippen molar-refractivity contribution in [3.63, 3.8) is 0 Å². The van der Waals surface area contributed by atoms with E-state index in [-0.39, 0.29) is 11.5 Å². The highest BCUT2D eigenvalue weighted by atomic mass is 35.5. The number of aromatic nitrogens is 4. The largest absolute Gasteiger partial charge is 0.293 e. The number of nitrogens with zero attached hydrogens (tertiary/aromatic N) is 4. The van der Waals surface area contributed by atoms with Crippen LogP contribution in [-0.4, -0.2) is 31.3 Å². The first-order valence-corrected chi connectivity index (χ1v) is 9.91. The first kappa shape index (κ1) is 18.4. The number of carbonyl (C=O) groups excluding carboxylic acids is 1. The van der Waals surface area contributed by atoms with E-state index in [9.17, 15) is 4.79 Å². The molecule has 2 heterocycles. The van der Waals surface area contributed by atoms with Crippen molar-refractivity contribution < 1.29 is 4.79 Å². The zero-order chi connectivity index (χ0) is 19.3. The number of hydrogen-bond donors (Lipinski definition) is 0. The molecule has 2 aromatic carbocycles. The summed E-state index contributed by atoms with van der Waals surface area (Å²) in [4.78, 5) is 16.7. The van der Waals surface area contributed by atoms with Crippen molar-refractivity contribution in [1.29, 1.82) is 0 Å². The van der Waals surface area contributed by atoms with Gasteiger partial charge in [0.15, 0.2) is 16.8 Å². The molecule has 0 unspecified atom stereocenters. The number of halogens is 1. The van der Waals surface area contributed by atoms with Gasteiger partial charge in [0.1, 0.15) is 0 Å². The standard InChI is InChI=1S/C21H15ClN4OS/c22-17-8-10-18(11-9-17)26-20(16-7-4-12-23-13-16)24-25-21(26)28-14-19(27)15-5-2-1-3-6-15/h1-13H,14H2. The number of benzene rings is 2. The molecule has 2 aromatic heterocycles. The minimum Gasteiger partial charge on any atom is -0.293 e. The molecule has 138 valence electrons. The molecule has 0 saturated heterocycles. The number of Topliss-reactive ketones (excluding diaryl/α,β-unsaturated/α-hetero) is 1. The third kappa shape index (κ3) is 3.98. The van der Waals surface area contributed by atoms with E-state index >= 15 is 0 Å². The monoisotopic (exact) mass is 406 g/mol. The number of thioether (sulfide) groups is 1. The normalized spacial score (nSPS) is 10.8. The average molecular weight is 407 g/mol. The van der Waals surface area contributed by atoms with Crippen LogP contribution in [0.4, 0.5) is 0 Å². The van der Waals surface area contributed by atoms with Crippen molar-refractivity contribution >= 4 is 29.1 Å². The number of carbonyl (C=O) groups is 1. The minimum absolute atomic E-state index is 0.0409. The molecule has 28 heavy (non-hydrogen) atoms. The number of rotatable bonds is 6. The highest BCUT2D eigenvalue weighted by molar-refractivity contribution is 7.99. The molecule has 0 aliphatic heterocycles. The van der Waals surface area contributed by atoms with Crippen LogP contribution in [-0.2, 0) is 0 Å². The fraction of sp³-hybridized carbons (Fsp3) is 0.0476. The second-order valence-corrected chi connectivity index (χ2v) is 7.32. The quantitative estimate of drug-likeness (QED) is 0.334. The summed E-state index contributed by atoms with van der Waals surface area (Å²) >= 11 is 7.39. The van der Waals surface area contributed by atoms with Crippen molar-refractivity contribution in [2.75, 3.05) is 5.75 Å². The maximum absolute atomic E-state index is 12.5. The Labute approximate surface area is 171 Å². The predicted molar refractivity (Wildman–Crippen MR) is 111 cm³/mol. The summed E-state index contributed by atoms with van der Waals surface area (Å²) in [5.74, 6) is 0.965. The summed E-state index contributed by atoms with van der Waals surface area (Å²) in [6.45, 7) is 0. The maximum Gasteiger partial charge on any atom is 0.196 e. The molecule has 4 aromatic rings. The molecular weight excluding hydrogens is 392 g/mol. The number of pyridine rings is 1. The van der Waals surface area contributed by atoms with Gasteiger partial charge in [0.2, 0.25) is 0 Å². The highest BCUT2D eigenvalue weighted by Gasteiger charge is 2.17. The van der Waals surface area contributed by atoms with Gasteiger partial charge in [-0.3, -0.25) is 14.3 Å². The fourth-order valence-corrected chi connectivity index (χ4v) is 3.68. The van der Waals surface area contributed by atoms with Crippen LogP contribution in [0.15, 0.2) is 84.3 Å². The first-order chi connectivity index (χ1) is 13.7. The van der Waals surface area contributed by atoms with Gasteiger partial charge in [-0.1, -0.05) is 53.7 Å². The summed E-state index contributed by atoms with van der Waals surface area (Å²) in [5, 5.41) is 9.94. The average Bonchev–Trinajstić information content (AvgIpc) is 3.18. The molecule has 0 spiro atoms. The first-order valence-electron chi connectivity index (χ1n) is 8.55. The summed E-state index contributed by atoms with van der Waals surface area (Å²) in [6, 6.07) is 20.4. The zero-order valence-corrected chi connectivity index (χ0v) is 16.3. The predicted octanol–water partition coefficient (Wildman–Crippen LogP) is 4.96. The van der Waals surface area contributed by atoms with E-state index in [1.165, 1.54) is 11.8 Å². The zero-order valence-electron chi connectivity index (χ0n) is 14.7. The summed E-state index contributed by atoms with van der Waals surface area (Å²) in [7, 11) is 0. The number of ketones is 1. The van der Waals surface area contributed by atoms with Gasteiger partial charge in [-0.05, 0) is 36.4 Å². The Balaban J connectivity index is 1.68. The van der Waals surface area contributed by atoms with Crippen LogP contribution in [0.2, 0.25) is 5.02 Å². The molecule has 4 rings (SSSR count). The van der Waals surface area contributed by atoms with E-state index in [4.69, 9.17) is 11.6 Å². The Morgan fingerprint density at radius 2 is 1.75 bits per heavy atom. The lowest BCUT2D eigenvalue weighted by Gasteiger charge is -2.10. The van der Waals surface area contributed by atoms with Crippen molar-refractivity contribution in [3.05, 3.63) is 89.7 Å². The second kappa shape index (κ2) is 8.37. The third-order valence-electron chi connectivity index (χ3n) is 4.07. The van der Waals surface area contributed by atoms with Crippen LogP contribution in [0.3, 0.4) is 0 Å². The lowest BCUT2D eigenvalue weighted by atomic mass is 10.2. The molecule has 0 radical (unpaired) electrons. The van der Waals surface area contributed by atoms with Crippen molar-refractivity contribution in [3.8, 4) is 17.1 Å². The molecule has 0 aliphatic carbocycles. The van der Waals surface area contributed by atoms with Gasteiger partial charge in [-0.15, -0.1) is 10.2 Å². The van der Waals surface area contributed by atoms with Gasteiger partial charge < -0.3 is 0 Å². The van der Waals surface area contributed by atoms with Crippen LogP contribution in [0, 0.1) is 0 Å². The van der Waals surface area contributed by atoms with Crippen LogP contribution < -0.4 is 0 Å². The second-order valence-electron chi connectivity index (χ2n) is 5.94. The SMILES string of the molecule is O=C(CSc1nnc(-c2cccnc2)n1-c1ccc(Cl)cc1)c1ccccc1. The summed E-state index contributed by atoms with van der Waals surface area (Å²) < 4.78 is 1.91. The summed E-state index contributed by atoms with van der Waals surface area (Å²) in [6.07, 6.45) is 3.45. The summed E-state index contributed by atoms with van der Waals surface area (Å²) in [5.41, 5.74) is 2.38. The Morgan fingerprint density at radius 1 is 0.964 bits per heavy atom. The van der Waals surface area contributed by atoms with Gasteiger partial charge in [0.25, 0.3) is 0 Å². The van der Waals surface area contributed by atoms with Crippen LogP contribution >= 0.6 is 23.4 Å². The third-order valence-corrected chi connectivity index (χ3v) is 5.25. The Bertz CT molecular complexity index is 1080. The van der Waals surface area contributed by atoms with Gasteiger partial charge in [-0.25, -0.2) is 0 Å². The van der Waals surface area contributed by atoms with Gasteiger partial charge in [0, 0.05) is 34.2 Å². The molecular formula is C21H15ClN4OS. The van der Waals surface area contributed by atoms with Crippen LogP contribution in [0.25, 0.3) is 17.1 Å². The van der Waals surface area contributed by atoms with E-state index in [2.05, 4.69) is 15.2 Å². The molecule has 0 amide bonds. The minimum atomic E-state index is 0.0409. The Morgan fingerprint density at radius 3 is 2.46 bits per heavy atom. The lowest BCUT2D eigenvalue weighted by Crippen LogP contribution is -2.05. The van der Waals surface area contributed by atoms with E-state index in [0.717, 1.165) is 11.3 Å². The van der Waals surface area contributed by atoms with Crippen molar-refractivity contribution in [1.82, 2.24) is 19.7 Å². The fourth-order valence-electron chi connectivity index (χ4n) is 2.71. The Hall–Kier alpha value is -2.96. The molecule has 0 aliphatic rings. The molecule has 5 nitrogen and oxygen atoms in total. The molecule has 0 N–H and O–H groups in total. The van der Waals surface area contributed by atoms with Crippen molar-refractivity contribution in [2.24, 2.45) is 0 Å². The lowest BCUT2D eigenvalue weighted by molar-refractivity contribution is 0.102. The molecule has 0 fully saturated rings. The van der Waals surface area contributed by atoms with Gasteiger partial charge >= 0.3 is 0 Å². The van der Waals surface area contributed by atoms with Gasteiger partial charge in [0.05, 0.1) is 5.75 Å².